The summed E-state index contributed by atoms with van der Waals surface area (Å²) in [6, 6.07) is 10.1. The van der Waals surface area contributed by atoms with Crippen LogP contribution in [0.4, 0.5) is 5.13 Å². The zero-order valence-corrected chi connectivity index (χ0v) is 12.5. The van der Waals surface area contributed by atoms with Gasteiger partial charge in [-0.2, -0.15) is 0 Å². The first-order valence-corrected chi connectivity index (χ1v) is 7.41. The molecule has 0 saturated carbocycles. The van der Waals surface area contributed by atoms with Crippen LogP contribution in [-0.2, 0) is 13.0 Å². The summed E-state index contributed by atoms with van der Waals surface area (Å²) in [7, 11) is 1.94. The van der Waals surface area contributed by atoms with Gasteiger partial charge >= 0.3 is 5.97 Å². The summed E-state index contributed by atoms with van der Waals surface area (Å²) in [5.74, 6) is -0.884. The molecule has 0 fully saturated rings. The molecule has 2 rings (SSSR count). The van der Waals surface area contributed by atoms with Crippen LogP contribution in [0.1, 0.15) is 34.3 Å². The molecule has 0 amide bonds. The minimum Gasteiger partial charge on any atom is -0.477 e. The zero-order chi connectivity index (χ0) is 14.5. The van der Waals surface area contributed by atoms with Gasteiger partial charge in [0.05, 0.1) is 5.69 Å². The van der Waals surface area contributed by atoms with E-state index in [1.807, 2.05) is 37.1 Å². The number of hydrogen-bond acceptors (Lipinski definition) is 4. The first kappa shape index (κ1) is 14.5. The highest BCUT2D eigenvalue weighted by atomic mass is 32.1. The Kier molecular flexibility index (Phi) is 4.74. The van der Waals surface area contributed by atoms with Crippen LogP contribution in [0.25, 0.3) is 0 Å². The maximum absolute atomic E-state index is 11.2. The summed E-state index contributed by atoms with van der Waals surface area (Å²) in [4.78, 5) is 18.1. The number of carbonyl (C=O) groups is 1. The number of anilines is 1. The number of aryl methyl sites for hydroxylation is 1. The minimum atomic E-state index is -0.884. The fourth-order valence-electron chi connectivity index (χ4n) is 2.00. The number of aromatic nitrogens is 1. The Labute approximate surface area is 122 Å². The fraction of sp³-hybridized carbons (Fsp3) is 0.333. The number of benzene rings is 1. The lowest BCUT2D eigenvalue weighted by Crippen LogP contribution is -2.16. The number of nitrogens with zero attached hydrogens (tertiary/aromatic N) is 2. The van der Waals surface area contributed by atoms with Gasteiger partial charge in [0.2, 0.25) is 0 Å². The lowest BCUT2D eigenvalue weighted by Gasteiger charge is -2.15. The van der Waals surface area contributed by atoms with Crippen LogP contribution in [0.15, 0.2) is 30.3 Å². The lowest BCUT2D eigenvalue weighted by atomic mass is 10.2. The molecule has 0 bridgehead atoms. The van der Waals surface area contributed by atoms with Crippen molar-refractivity contribution in [1.29, 1.82) is 0 Å². The van der Waals surface area contributed by atoms with Gasteiger partial charge in [-0.05, 0) is 12.0 Å². The fourth-order valence-corrected chi connectivity index (χ4v) is 2.91. The van der Waals surface area contributed by atoms with E-state index in [9.17, 15) is 9.90 Å². The molecular weight excluding hydrogens is 272 g/mol. The molecule has 2 aromatic rings. The van der Waals surface area contributed by atoms with Gasteiger partial charge in [-0.3, -0.25) is 0 Å². The molecule has 1 heterocycles. The first-order valence-electron chi connectivity index (χ1n) is 6.60. The predicted molar refractivity (Wildman–Crippen MR) is 81.6 cm³/mol. The van der Waals surface area contributed by atoms with Crippen molar-refractivity contribution in [3.05, 3.63) is 46.5 Å². The standard InChI is InChI=1S/C15H18N2O2S/c1-3-7-12-13(14(18)19)20-15(16-12)17(2)10-11-8-5-4-6-9-11/h4-6,8-9H,3,7,10H2,1-2H3,(H,18,19). The molecule has 0 aliphatic rings. The summed E-state index contributed by atoms with van der Waals surface area (Å²) in [6.45, 7) is 2.75. The third kappa shape index (κ3) is 3.36. The second-order valence-electron chi connectivity index (χ2n) is 4.67. The molecule has 5 heteroatoms. The number of carboxylic acid groups (broad SMARTS) is 1. The van der Waals surface area contributed by atoms with E-state index in [1.54, 1.807) is 0 Å². The van der Waals surface area contributed by atoms with Crippen LogP contribution in [0.2, 0.25) is 0 Å². The average Bonchev–Trinajstić information content (AvgIpc) is 2.85. The van der Waals surface area contributed by atoms with Gasteiger partial charge in [-0.1, -0.05) is 55.0 Å². The van der Waals surface area contributed by atoms with Gasteiger partial charge in [0.25, 0.3) is 0 Å². The molecule has 1 N–H and O–H groups in total. The molecular formula is C15H18N2O2S. The van der Waals surface area contributed by atoms with Crippen molar-refractivity contribution < 1.29 is 9.90 Å². The summed E-state index contributed by atoms with van der Waals surface area (Å²) in [5.41, 5.74) is 1.87. The SMILES string of the molecule is CCCc1nc(N(C)Cc2ccccc2)sc1C(=O)O. The molecule has 106 valence electrons. The third-order valence-electron chi connectivity index (χ3n) is 2.96. The zero-order valence-electron chi connectivity index (χ0n) is 11.7. The summed E-state index contributed by atoms with van der Waals surface area (Å²) >= 11 is 1.25. The Morgan fingerprint density at radius 3 is 2.65 bits per heavy atom. The van der Waals surface area contributed by atoms with E-state index in [1.165, 1.54) is 16.9 Å². The van der Waals surface area contributed by atoms with Crippen LogP contribution in [0, 0.1) is 0 Å². The average molecular weight is 290 g/mol. The van der Waals surface area contributed by atoms with Crippen LogP contribution >= 0.6 is 11.3 Å². The Hall–Kier alpha value is -1.88. The van der Waals surface area contributed by atoms with E-state index in [0.717, 1.165) is 18.1 Å². The first-order chi connectivity index (χ1) is 9.61. The smallest absolute Gasteiger partial charge is 0.347 e. The van der Waals surface area contributed by atoms with Gasteiger partial charge < -0.3 is 10.0 Å². The molecule has 0 atom stereocenters. The van der Waals surface area contributed by atoms with Gasteiger partial charge in [-0.25, -0.2) is 9.78 Å². The summed E-state index contributed by atoms with van der Waals surface area (Å²) in [6.07, 6.45) is 1.60. The van der Waals surface area contributed by atoms with Crippen molar-refractivity contribution in [2.24, 2.45) is 0 Å². The van der Waals surface area contributed by atoms with Gasteiger partial charge in [0.1, 0.15) is 4.88 Å². The molecule has 0 saturated heterocycles. The maximum atomic E-state index is 11.2. The number of aromatic carboxylic acids is 1. The topological polar surface area (TPSA) is 53.4 Å². The van der Waals surface area contributed by atoms with E-state index in [0.29, 0.717) is 17.0 Å². The monoisotopic (exact) mass is 290 g/mol. The Bertz CT molecular complexity index is 581. The Morgan fingerprint density at radius 2 is 2.05 bits per heavy atom. The third-order valence-corrected chi connectivity index (χ3v) is 4.16. The summed E-state index contributed by atoms with van der Waals surface area (Å²) < 4.78 is 0. The highest BCUT2D eigenvalue weighted by Crippen LogP contribution is 2.27. The van der Waals surface area contributed by atoms with Gasteiger partial charge in [-0.15, -0.1) is 0 Å². The quantitative estimate of drug-likeness (QED) is 0.885. The Morgan fingerprint density at radius 1 is 1.35 bits per heavy atom. The molecule has 1 aromatic carbocycles. The largest absolute Gasteiger partial charge is 0.477 e. The maximum Gasteiger partial charge on any atom is 0.347 e. The number of carboxylic acids is 1. The molecule has 0 unspecified atom stereocenters. The van der Waals surface area contributed by atoms with Crippen molar-refractivity contribution in [3.8, 4) is 0 Å². The van der Waals surface area contributed by atoms with Crippen LogP contribution in [0.3, 0.4) is 0 Å². The number of rotatable bonds is 6. The second-order valence-corrected chi connectivity index (χ2v) is 5.65. The van der Waals surface area contributed by atoms with E-state index >= 15 is 0 Å². The Balaban J connectivity index is 2.19. The van der Waals surface area contributed by atoms with E-state index < -0.39 is 5.97 Å². The van der Waals surface area contributed by atoms with Crippen molar-refractivity contribution in [1.82, 2.24) is 4.98 Å². The van der Waals surface area contributed by atoms with E-state index in [2.05, 4.69) is 17.1 Å². The lowest BCUT2D eigenvalue weighted by molar-refractivity contribution is 0.0700. The van der Waals surface area contributed by atoms with Crippen LogP contribution < -0.4 is 4.90 Å². The highest BCUT2D eigenvalue weighted by molar-refractivity contribution is 7.17. The molecule has 0 aliphatic heterocycles. The van der Waals surface area contributed by atoms with E-state index in [4.69, 9.17) is 0 Å². The van der Waals surface area contributed by atoms with Crippen molar-refractivity contribution in [2.75, 3.05) is 11.9 Å². The van der Waals surface area contributed by atoms with Gasteiger partial charge in [0, 0.05) is 13.6 Å². The van der Waals surface area contributed by atoms with Crippen molar-refractivity contribution in [3.63, 3.8) is 0 Å². The predicted octanol–water partition coefficient (Wildman–Crippen LogP) is 3.43. The number of thiazole rings is 1. The second kappa shape index (κ2) is 6.52. The van der Waals surface area contributed by atoms with Crippen molar-refractivity contribution in [2.45, 2.75) is 26.3 Å². The van der Waals surface area contributed by atoms with Gasteiger partial charge in [0.15, 0.2) is 5.13 Å². The molecule has 20 heavy (non-hydrogen) atoms. The van der Waals surface area contributed by atoms with Crippen LogP contribution in [-0.4, -0.2) is 23.1 Å². The van der Waals surface area contributed by atoms with E-state index in [-0.39, 0.29) is 0 Å². The molecule has 4 nitrogen and oxygen atoms in total. The van der Waals surface area contributed by atoms with Crippen molar-refractivity contribution >= 4 is 22.4 Å². The van der Waals surface area contributed by atoms with Crippen LogP contribution in [0.5, 0.6) is 0 Å². The molecule has 0 spiro atoms. The summed E-state index contributed by atoms with van der Waals surface area (Å²) in [5, 5.41) is 9.99. The molecule has 0 aliphatic carbocycles. The molecule has 0 radical (unpaired) electrons. The highest BCUT2D eigenvalue weighted by Gasteiger charge is 2.18. The number of hydrogen-bond donors (Lipinski definition) is 1. The normalized spacial score (nSPS) is 10.5. The molecule has 1 aromatic heterocycles. The minimum absolute atomic E-state index is 0.363.